The van der Waals surface area contributed by atoms with Crippen LogP contribution in [0.15, 0.2) is 0 Å². The van der Waals surface area contributed by atoms with E-state index in [1.54, 1.807) is 0 Å². The number of nitriles is 1. The second-order valence-corrected chi connectivity index (χ2v) is 4.53. The van der Waals surface area contributed by atoms with Crippen LogP contribution in [0, 0.1) is 52.8 Å². The molecule has 7 aliphatic carbocycles. The molecule has 0 radical (unpaired) electrons. The molecule has 5 atom stereocenters. The molecule has 50 valence electrons. The molecule has 10 heavy (non-hydrogen) atoms. The van der Waals surface area contributed by atoms with Crippen molar-refractivity contribution in [2.24, 2.45) is 41.4 Å². The standard InChI is InChI=1S/C9H9N/c10-2-5-3-1-4(5)7-8-6(3)9(7)8/h3-9H,1H2/t3-,4+,5?,6?,7?,8?,9?. The summed E-state index contributed by atoms with van der Waals surface area (Å²) >= 11 is 0. The minimum Gasteiger partial charge on any atom is -0.198 e. The van der Waals surface area contributed by atoms with Gasteiger partial charge in [-0.05, 0) is 41.9 Å². The summed E-state index contributed by atoms with van der Waals surface area (Å²) in [5.74, 6) is 6.65. The highest BCUT2D eigenvalue weighted by Gasteiger charge is 2.85. The van der Waals surface area contributed by atoms with Crippen molar-refractivity contribution in [1.82, 2.24) is 0 Å². The van der Waals surface area contributed by atoms with Crippen LogP contribution in [-0.4, -0.2) is 0 Å². The van der Waals surface area contributed by atoms with Gasteiger partial charge in [-0.3, -0.25) is 0 Å². The average Bonchev–Trinajstić information content (AvgIpc) is 2.74. The van der Waals surface area contributed by atoms with Crippen LogP contribution >= 0.6 is 0 Å². The molecule has 0 aromatic carbocycles. The van der Waals surface area contributed by atoms with E-state index >= 15 is 0 Å². The molecule has 0 aliphatic heterocycles. The highest BCUT2D eigenvalue weighted by Crippen LogP contribution is 2.88. The first kappa shape index (κ1) is 4.38. The van der Waals surface area contributed by atoms with E-state index in [4.69, 9.17) is 5.26 Å². The van der Waals surface area contributed by atoms with Gasteiger partial charge in [0.05, 0.1) is 12.0 Å². The number of hydrogen-bond acceptors (Lipinski definition) is 1. The number of nitrogens with zero attached hydrogens (tertiary/aromatic N) is 1. The van der Waals surface area contributed by atoms with Gasteiger partial charge in [-0.15, -0.1) is 0 Å². The van der Waals surface area contributed by atoms with Crippen LogP contribution in [0.1, 0.15) is 6.42 Å². The largest absolute Gasteiger partial charge is 0.198 e. The summed E-state index contributed by atoms with van der Waals surface area (Å²) in [4.78, 5) is 0. The van der Waals surface area contributed by atoms with Crippen LogP contribution in [0.5, 0.6) is 0 Å². The van der Waals surface area contributed by atoms with E-state index in [9.17, 15) is 0 Å². The summed E-state index contributed by atoms with van der Waals surface area (Å²) in [6, 6.07) is 2.48. The van der Waals surface area contributed by atoms with Gasteiger partial charge in [0, 0.05) is 0 Å². The Morgan fingerprint density at radius 3 is 2.10 bits per heavy atom. The second kappa shape index (κ2) is 0.942. The third kappa shape index (κ3) is 0.224. The lowest BCUT2D eigenvalue weighted by atomic mass is 9.51. The van der Waals surface area contributed by atoms with E-state index in [0.717, 1.165) is 35.5 Å². The molecule has 0 N–H and O–H groups in total. The quantitative estimate of drug-likeness (QED) is 0.485. The van der Waals surface area contributed by atoms with Crippen molar-refractivity contribution in [2.75, 3.05) is 0 Å². The van der Waals surface area contributed by atoms with Crippen LogP contribution in [0.3, 0.4) is 0 Å². The molecule has 0 saturated heterocycles. The van der Waals surface area contributed by atoms with Crippen molar-refractivity contribution < 1.29 is 0 Å². The molecule has 7 fully saturated rings. The predicted molar refractivity (Wildman–Crippen MR) is 34.7 cm³/mol. The van der Waals surface area contributed by atoms with Crippen molar-refractivity contribution in [2.45, 2.75) is 6.42 Å². The lowest BCUT2D eigenvalue weighted by Gasteiger charge is -2.51. The van der Waals surface area contributed by atoms with Gasteiger partial charge in [0.2, 0.25) is 0 Å². The zero-order chi connectivity index (χ0) is 6.46. The fraction of sp³-hybridized carbons (Fsp3) is 0.889. The smallest absolute Gasteiger partial charge is 0.0661 e. The minimum absolute atomic E-state index is 0.505. The second-order valence-electron chi connectivity index (χ2n) is 4.53. The summed E-state index contributed by atoms with van der Waals surface area (Å²) in [7, 11) is 0. The third-order valence-electron chi connectivity index (χ3n) is 4.55. The van der Waals surface area contributed by atoms with Crippen molar-refractivity contribution in [3.05, 3.63) is 0 Å². The molecule has 0 amide bonds. The molecule has 7 saturated carbocycles. The van der Waals surface area contributed by atoms with Gasteiger partial charge in [-0.1, -0.05) is 0 Å². The monoisotopic (exact) mass is 131 g/mol. The van der Waals surface area contributed by atoms with Gasteiger partial charge in [0.1, 0.15) is 0 Å². The van der Waals surface area contributed by atoms with Gasteiger partial charge < -0.3 is 0 Å². The topological polar surface area (TPSA) is 23.8 Å². The van der Waals surface area contributed by atoms with E-state index in [2.05, 4.69) is 6.07 Å². The Hall–Kier alpha value is -0.510. The zero-order valence-electron chi connectivity index (χ0n) is 5.70. The van der Waals surface area contributed by atoms with E-state index in [1.807, 2.05) is 0 Å². The third-order valence-corrected chi connectivity index (χ3v) is 4.55. The Morgan fingerprint density at radius 2 is 1.60 bits per heavy atom. The lowest BCUT2D eigenvalue weighted by molar-refractivity contribution is -0.0294. The molecular weight excluding hydrogens is 122 g/mol. The van der Waals surface area contributed by atoms with E-state index in [1.165, 1.54) is 6.42 Å². The van der Waals surface area contributed by atoms with Gasteiger partial charge in [-0.25, -0.2) is 0 Å². The van der Waals surface area contributed by atoms with Crippen LogP contribution in [0.25, 0.3) is 0 Å². The van der Waals surface area contributed by atoms with Crippen molar-refractivity contribution in [1.29, 1.82) is 5.26 Å². The highest BCUT2D eigenvalue weighted by atomic mass is 14.9. The Labute approximate surface area is 60.0 Å². The van der Waals surface area contributed by atoms with Crippen molar-refractivity contribution >= 4 is 0 Å². The summed E-state index contributed by atoms with van der Waals surface area (Å²) in [6.07, 6.45) is 1.42. The maximum atomic E-state index is 8.79. The molecule has 1 heteroatoms. The number of rotatable bonds is 0. The first-order chi connectivity index (χ1) is 4.93. The van der Waals surface area contributed by atoms with Crippen molar-refractivity contribution in [3.63, 3.8) is 0 Å². The molecule has 0 heterocycles. The first-order valence-corrected chi connectivity index (χ1v) is 4.33. The lowest BCUT2D eigenvalue weighted by Crippen LogP contribution is -2.48. The first-order valence-electron chi connectivity index (χ1n) is 4.33. The highest BCUT2D eigenvalue weighted by molar-refractivity contribution is 5.34. The molecular formula is C9H9N. The van der Waals surface area contributed by atoms with Crippen LogP contribution in [0.4, 0.5) is 0 Å². The average molecular weight is 131 g/mol. The Kier molecular flexibility index (Phi) is 0.413. The molecule has 7 rings (SSSR count). The maximum absolute atomic E-state index is 8.79. The van der Waals surface area contributed by atoms with Gasteiger partial charge in [0.25, 0.3) is 0 Å². The fourth-order valence-electron chi connectivity index (χ4n) is 3.99. The molecule has 0 spiro atoms. The maximum Gasteiger partial charge on any atom is 0.0661 e. The normalized spacial score (nSPS) is 78.5. The van der Waals surface area contributed by atoms with Crippen LogP contribution < -0.4 is 0 Å². The molecule has 0 aromatic rings. The minimum atomic E-state index is 0.505. The summed E-state index contributed by atoms with van der Waals surface area (Å²) in [6.45, 7) is 0. The Morgan fingerprint density at radius 1 is 1.00 bits per heavy atom. The molecule has 4 bridgehead atoms. The van der Waals surface area contributed by atoms with Gasteiger partial charge >= 0.3 is 0 Å². The predicted octanol–water partition coefficient (Wildman–Crippen LogP) is 1.27. The summed E-state index contributed by atoms with van der Waals surface area (Å²) in [5, 5.41) is 8.79. The number of hydrogen-bond donors (Lipinski definition) is 0. The fourth-order valence-corrected chi connectivity index (χ4v) is 3.99. The van der Waals surface area contributed by atoms with E-state index < -0.39 is 0 Å². The van der Waals surface area contributed by atoms with Crippen molar-refractivity contribution in [3.8, 4) is 6.07 Å². The van der Waals surface area contributed by atoms with Gasteiger partial charge in [0.15, 0.2) is 0 Å². The van der Waals surface area contributed by atoms with E-state index in [0.29, 0.717) is 5.92 Å². The molecule has 0 aromatic heterocycles. The Balaban J connectivity index is 1.80. The van der Waals surface area contributed by atoms with Crippen LogP contribution in [0.2, 0.25) is 0 Å². The molecule has 7 aliphatic rings. The summed E-state index contributed by atoms with van der Waals surface area (Å²) < 4.78 is 0. The molecule has 1 nitrogen and oxygen atoms in total. The molecule has 3 unspecified atom stereocenters. The Bertz CT molecular complexity index is 236. The summed E-state index contributed by atoms with van der Waals surface area (Å²) in [5.41, 5.74) is 0. The zero-order valence-corrected chi connectivity index (χ0v) is 5.70. The SMILES string of the molecule is N#CC1[C@@H]2C[C@H]1C1C3C1C32. The van der Waals surface area contributed by atoms with Gasteiger partial charge in [-0.2, -0.15) is 5.26 Å². The van der Waals surface area contributed by atoms with E-state index in [-0.39, 0.29) is 0 Å². The van der Waals surface area contributed by atoms with Crippen LogP contribution in [-0.2, 0) is 0 Å².